The van der Waals surface area contributed by atoms with Gasteiger partial charge >= 0.3 is 0 Å². The summed E-state index contributed by atoms with van der Waals surface area (Å²) in [6.45, 7) is 0. The third kappa shape index (κ3) is 5.81. The van der Waals surface area contributed by atoms with Crippen LogP contribution >= 0.6 is 11.5 Å². The molecule has 1 heterocycles. The van der Waals surface area contributed by atoms with Gasteiger partial charge in [-0.15, -0.1) is 0 Å². The van der Waals surface area contributed by atoms with Gasteiger partial charge in [0.15, 0.2) is 17.2 Å². The number of para-hydroxylation sites is 2. The number of carbonyl (C=O) groups excluding carboxylic acids is 3. The van der Waals surface area contributed by atoms with Crippen LogP contribution in [0.3, 0.4) is 0 Å². The van der Waals surface area contributed by atoms with Crippen LogP contribution in [0.25, 0.3) is 0 Å². The predicted molar refractivity (Wildman–Crippen MR) is 152 cm³/mol. The number of amides is 3. The number of aromatic nitrogens is 1. The molecule has 1 saturated carbocycles. The number of anilines is 2. The Bertz CT molecular complexity index is 1390. The minimum atomic E-state index is -1.18. The van der Waals surface area contributed by atoms with E-state index >= 15 is 0 Å². The van der Waals surface area contributed by atoms with Crippen molar-refractivity contribution in [1.29, 1.82) is 0 Å². The number of rotatable bonds is 10. The number of carbonyl (C=O) groups is 3. The van der Waals surface area contributed by atoms with Gasteiger partial charge in [-0.05, 0) is 54.2 Å². The lowest BCUT2D eigenvalue weighted by molar-refractivity contribution is -0.123. The number of primary amides is 1. The molecule has 1 aliphatic carbocycles. The van der Waals surface area contributed by atoms with Gasteiger partial charge in [-0.25, -0.2) is 0 Å². The van der Waals surface area contributed by atoms with Crippen molar-refractivity contribution in [2.24, 2.45) is 5.73 Å². The zero-order valence-electron chi connectivity index (χ0n) is 22.6. The standard InChI is InChI=1S/C28H33N5O6S/c1-37-19-12-8-7-11-18(19)33(28(36)25-22(29)23(26(30)34)32-40-25)24(27(35)31-17-9-5-4-6-10-17)16-13-14-20(38-2)21(15-16)39-3/h7-8,11-15,17,24H,4-6,9-10,29H2,1-3H3,(H2,30,34)(H,31,35)/t24-/m1/s1. The van der Waals surface area contributed by atoms with Crippen molar-refractivity contribution in [1.82, 2.24) is 9.69 Å². The van der Waals surface area contributed by atoms with E-state index in [4.69, 9.17) is 25.7 Å². The second kappa shape index (κ2) is 12.7. The fourth-order valence-corrected chi connectivity index (χ4v) is 5.64. The molecule has 1 atom stereocenters. The van der Waals surface area contributed by atoms with Gasteiger partial charge in [0, 0.05) is 6.04 Å². The number of hydrogen-bond donors (Lipinski definition) is 3. The highest BCUT2D eigenvalue weighted by Crippen LogP contribution is 2.40. The first-order valence-corrected chi connectivity index (χ1v) is 13.6. The molecule has 0 saturated heterocycles. The van der Waals surface area contributed by atoms with Crippen molar-refractivity contribution in [3.05, 3.63) is 58.6 Å². The number of methoxy groups -OCH3 is 3. The van der Waals surface area contributed by atoms with Gasteiger partial charge < -0.3 is 31.0 Å². The molecule has 40 heavy (non-hydrogen) atoms. The molecular weight excluding hydrogens is 534 g/mol. The Balaban J connectivity index is 1.92. The van der Waals surface area contributed by atoms with Crippen LogP contribution in [0.4, 0.5) is 11.4 Å². The number of ether oxygens (including phenoxy) is 3. The van der Waals surface area contributed by atoms with E-state index < -0.39 is 23.8 Å². The molecule has 12 heteroatoms. The summed E-state index contributed by atoms with van der Waals surface area (Å²) >= 11 is 0.739. The van der Waals surface area contributed by atoms with E-state index in [-0.39, 0.29) is 22.3 Å². The average molecular weight is 568 g/mol. The largest absolute Gasteiger partial charge is 0.495 e. The molecule has 1 aliphatic rings. The monoisotopic (exact) mass is 567 g/mol. The molecule has 1 fully saturated rings. The summed E-state index contributed by atoms with van der Waals surface area (Å²) in [5.41, 5.74) is 12.0. The van der Waals surface area contributed by atoms with Crippen LogP contribution in [0.15, 0.2) is 42.5 Å². The minimum absolute atomic E-state index is 0.0318. The van der Waals surface area contributed by atoms with Crippen molar-refractivity contribution >= 4 is 40.6 Å². The van der Waals surface area contributed by atoms with E-state index in [1.54, 1.807) is 42.5 Å². The van der Waals surface area contributed by atoms with Crippen molar-refractivity contribution in [3.8, 4) is 17.2 Å². The van der Waals surface area contributed by atoms with Crippen molar-refractivity contribution in [3.63, 3.8) is 0 Å². The first-order valence-electron chi connectivity index (χ1n) is 12.8. The van der Waals surface area contributed by atoms with Gasteiger partial charge in [0.1, 0.15) is 16.7 Å². The van der Waals surface area contributed by atoms with Crippen LogP contribution in [0.5, 0.6) is 17.2 Å². The van der Waals surface area contributed by atoms with E-state index in [0.717, 1.165) is 43.6 Å². The highest BCUT2D eigenvalue weighted by molar-refractivity contribution is 7.09. The Morgan fingerprint density at radius 3 is 2.27 bits per heavy atom. The number of nitrogen functional groups attached to an aromatic ring is 1. The zero-order chi connectivity index (χ0) is 28.8. The lowest BCUT2D eigenvalue weighted by Crippen LogP contribution is -2.47. The average Bonchev–Trinajstić information content (AvgIpc) is 3.37. The van der Waals surface area contributed by atoms with Gasteiger partial charge in [0.2, 0.25) is 5.91 Å². The number of nitrogens with one attached hydrogen (secondary N) is 1. The van der Waals surface area contributed by atoms with E-state index in [0.29, 0.717) is 28.5 Å². The van der Waals surface area contributed by atoms with Gasteiger partial charge in [0.05, 0.1) is 32.7 Å². The second-order valence-electron chi connectivity index (χ2n) is 9.35. The molecule has 0 unspecified atom stereocenters. The maximum absolute atomic E-state index is 14.3. The third-order valence-corrected chi connectivity index (χ3v) is 7.75. The number of nitrogens with zero attached hydrogens (tertiary/aromatic N) is 2. The molecule has 1 aromatic heterocycles. The van der Waals surface area contributed by atoms with Crippen LogP contribution in [0.2, 0.25) is 0 Å². The van der Waals surface area contributed by atoms with Crippen LogP contribution in [0, 0.1) is 0 Å². The smallest absolute Gasteiger partial charge is 0.273 e. The molecule has 0 spiro atoms. The van der Waals surface area contributed by atoms with E-state index in [9.17, 15) is 14.4 Å². The fourth-order valence-electron chi connectivity index (χ4n) is 4.90. The molecule has 212 valence electrons. The first kappa shape index (κ1) is 28.7. The van der Waals surface area contributed by atoms with Gasteiger partial charge in [-0.2, -0.15) is 4.37 Å². The van der Waals surface area contributed by atoms with E-state index in [1.165, 1.54) is 26.2 Å². The summed E-state index contributed by atoms with van der Waals surface area (Å²) in [6.07, 6.45) is 4.82. The molecule has 0 bridgehead atoms. The van der Waals surface area contributed by atoms with Crippen LogP contribution in [0.1, 0.15) is 63.9 Å². The number of hydrogen-bond acceptors (Lipinski definition) is 9. The summed E-state index contributed by atoms with van der Waals surface area (Å²) in [5, 5.41) is 3.15. The summed E-state index contributed by atoms with van der Waals surface area (Å²) in [6, 6.07) is 10.7. The fraction of sp³-hybridized carbons (Fsp3) is 0.357. The molecule has 3 amide bonds. The normalized spacial score (nSPS) is 14.2. The van der Waals surface area contributed by atoms with Crippen LogP contribution < -0.4 is 35.9 Å². The maximum atomic E-state index is 14.3. The summed E-state index contributed by atoms with van der Waals surface area (Å²) < 4.78 is 20.5. The summed E-state index contributed by atoms with van der Waals surface area (Å²) in [7, 11) is 4.48. The summed E-state index contributed by atoms with van der Waals surface area (Å²) in [4.78, 5) is 41.7. The van der Waals surface area contributed by atoms with Gasteiger partial charge in [-0.3, -0.25) is 19.3 Å². The van der Waals surface area contributed by atoms with Crippen molar-refractivity contribution < 1.29 is 28.6 Å². The Hall–Kier alpha value is -4.32. The quantitative estimate of drug-likeness (QED) is 0.335. The highest BCUT2D eigenvalue weighted by atomic mass is 32.1. The Kier molecular flexibility index (Phi) is 9.10. The molecule has 11 nitrogen and oxygen atoms in total. The number of nitrogens with two attached hydrogens (primary N) is 2. The minimum Gasteiger partial charge on any atom is -0.495 e. The lowest BCUT2D eigenvalue weighted by atomic mass is 9.94. The molecule has 0 aliphatic heterocycles. The Morgan fingerprint density at radius 1 is 0.975 bits per heavy atom. The van der Waals surface area contributed by atoms with Gasteiger partial charge in [-0.1, -0.05) is 37.5 Å². The van der Waals surface area contributed by atoms with Crippen molar-refractivity contribution in [2.75, 3.05) is 32.0 Å². The Labute approximate surface area is 236 Å². The maximum Gasteiger partial charge on any atom is 0.273 e. The third-order valence-electron chi connectivity index (χ3n) is 6.90. The molecule has 5 N–H and O–H groups in total. The Morgan fingerprint density at radius 2 is 1.65 bits per heavy atom. The van der Waals surface area contributed by atoms with Crippen LogP contribution in [-0.2, 0) is 4.79 Å². The van der Waals surface area contributed by atoms with Gasteiger partial charge in [0.25, 0.3) is 11.8 Å². The van der Waals surface area contributed by atoms with Crippen molar-refractivity contribution in [2.45, 2.75) is 44.2 Å². The second-order valence-corrected chi connectivity index (χ2v) is 10.1. The molecule has 4 rings (SSSR count). The SMILES string of the molecule is COc1ccc([C@H](C(=O)NC2CCCCC2)N(C(=O)c2snc(C(N)=O)c2N)c2ccccc2OC)cc1OC. The molecular formula is C28H33N5O6S. The van der Waals surface area contributed by atoms with E-state index in [1.807, 2.05) is 0 Å². The van der Waals surface area contributed by atoms with Crippen LogP contribution in [-0.4, -0.2) is 49.5 Å². The molecule has 0 radical (unpaired) electrons. The predicted octanol–water partition coefficient (Wildman–Crippen LogP) is 3.69. The lowest BCUT2D eigenvalue weighted by Gasteiger charge is -2.34. The first-order chi connectivity index (χ1) is 19.3. The number of benzene rings is 2. The molecule has 2 aromatic carbocycles. The highest BCUT2D eigenvalue weighted by Gasteiger charge is 2.38. The van der Waals surface area contributed by atoms with E-state index in [2.05, 4.69) is 9.69 Å². The topological polar surface area (TPSA) is 159 Å². The zero-order valence-corrected chi connectivity index (χ0v) is 23.5. The summed E-state index contributed by atoms with van der Waals surface area (Å²) in [5.74, 6) is -0.697. The molecule has 3 aromatic rings.